The molecule has 1 aromatic carbocycles. The Labute approximate surface area is 145 Å². The van der Waals surface area contributed by atoms with Crippen LogP contribution in [0.2, 0.25) is 0 Å². The Morgan fingerprint density at radius 3 is 2.96 bits per heavy atom. The predicted octanol–water partition coefficient (Wildman–Crippen LogP) is 1.96. The predicted molar refractivity (Wildman–Crippen MR) is 92.3 cm³/mol. The van der Waals surface area contributed by atoms with Crippen LogP contribution in [0.1, 0.15) is 5.56 Å². The highest BCUT2D eigenvalue weighted by atomic mass is 19.1. The van der Waals surface area contributed by atoms with Gasteiger partial charge in [-0.2, -0.15) is 4.98 Å². The molecule has 0 aliphatic rings. The minimum Gasteiger partial charge on any atom is -0.423 e. The third-order valence-corrected chi connectivity index (χ3v) is 4.07. The molecule has 4 rings (SSSR count). The molecule has 1 N–H and O–H groups in total. The highest BCUT2D eigenvalue weighted by Gasteiger charge is 2.14. The Hall–Kier alpha value is -3.49. The molecule has 0 unspecified atom stereocenters. The Kier molecular flexibility index (Phi) is 3.57. The van der Waals surface area contributed by atoms with Crippen molar-refractivity contribution >= 4 is 34.1 Å². The van der Waals surface area contributed by atoms with Crippen molar-refractivity contribution in [1.29, 1.82) is 0 Å². The standard InChI is InChI=1S/C17H14FN5O3/c1-9-5-13-12(6-10(9)18)20-17(26-13)21-14(24)7-23-8-19-11-3-4-22(2)16(25)15(11)23/h3-6,8H,7H2,1-2H3,(H,20,21,24). The first-order valence-corrected chi connectivity index (χ1v) is 7.79. The summed E-state index contributed by atoms with van der Waals surface area (Å²) in [5.74, 6) is -0.844. The minimum absolute atomic E-state index is 0.0349. The number of nitrogens with one attached hydrogen (secondary N) is 1. The number of imidazole rings is 1. The monoisotopic (exact) mass is 355 g/mol. The number of rotatable bonds is 3. The average Bonchev–Trinajstić information content (AvgIpc) is 3.15. The fourth-order valence-corrected chi connectivity index (χ4v) is 2.71. The van der Waals surface area contributed by atoms with Crippen molar-refractivity contribution in [3.63, 3.8) is 0 Å². The first kappa shape index (κ1) is 16.0. The van der Waals surface area contributed by atoms with Crippen molar-refractivity contribution in [3.8, 4) is 0 Å². The number of fused-ring (bicyclic) bond motifs is 2. The Balaban J connectivity index is 1.60. The van der Waals surface area contributed by atoms with Crippen molar-refractivity contribution in [2.24, 2.45) is 7.05 Å². The number of anilines is 1. The van der Waals surface area contributed by atoms with E-state index in [1.165, 1.54) is 27.6 Å². The molecule has 26 heavy (non-hydrogen) atoms. The van der Waals surface area contributed by atoms with Gasteiger partial charge in [-0.05, 0) is 24.6 Å². The number of pyridine rings is 1. The summed E-state index contributed by atoms with van der Waals surface area (Å²) < 4.78 is 21.9. The zero-order chi connectivity index (χ0) is 18.4. The summed E-state index contributed by atoms with van der Waals surface area (Å²) in [7, 11) is 1.62. The van der Waals surface area contributed by atoms with Crippen molar-refractivity contribution in [1.82, 2.24) is 19.1 Å². The first-order chi connectivity index (χ1) is 12.4. The van der Waals surface area contributed by atoms with E-state index in [1.54, 1.807) is 26.2 Å². The SMILES string of the molecule is Cc1cc2oc(NC(=O)Cn3cnc4ccn(C)c(=O)c43)nc2cc1F. The second-order valence-corrected chi connectivity index (χ2v) is 5.97. The molecule has 3 heterocycles. The number of carbonyl (C=O) groups is 1. The molecule has 1 amide bonds. The molecule has 0 spiro atoms. The summed E-state index contributed by atoms with van der Waals surface area (Å²) in [5, 5.41) is 2.51. The molecule has 0 fully saturated rings. The lowest BCUT2D eigenvalue weighted by Crippen LogP contribution is -2.23. The van der Waals surface area contributed by atoms with Crippen molar-refractivity contribution in [3.05, 3.63) is 52.5 Å². The number of aromatic nitrogens is 4. The van der Waals surface area contributed by atoms with Gasteiger partial charge in [0.1, 0.15) is 23.4 Å². The average molecular weight is 355 g/mol. The third kappa shape index (κ3) is 2.63. The molecule has 4 aromatic rings. The lowest BCUT2D eigenvalue weighted by Gasteiger charge is -2.04. The molecular weight excluding hydrogens is 341 g/mol. The third-order valence-electron chi connectivity index (χ3n) is 4.07. The van der Waals surface area contributed by atoms with Gasteiger partial charge in [0, 0.05) is 19.3 Å². The van der Waals surface area contributed by atoms with E-state index >= 15 is 0 Å². The smallest absolute Gasteiger partial charge is 0.302 e. The number of carbonyl (C=O) groups excluding carboxylic acids is 1. The summed E-state index contributed by atoms with van der Waals surface area (Å²) in [5.41, 5.74) is 1.70. The zero-order valence-electron chi connectivity index (χ0n) is 14.0. The van der Waals surface area contributed by atoms with Gasteiger partial charge in [-0.25, -0.2) is 9.37 Å². The highest BCUT2D eigenvalue weighted by Crippen LogP contribution is 2.22. The molecule has 0 radical (unpaired) electrons. The van der Waals surface area contributed by atoms with Crippen LogP contribution in [-0.2, 0) is 18.4 Å². The van der Waals surface area contributed by atoms with E-state index in [2.05, 4.69) is 15.3 Å². The Morgan fingerprint density at radius 1 is 1.35 bits per heavy atom. The first-order valence-electron chi connectivity index (χ1n) is 7.79. The molecule has 132 valence electrons. The number of halogens is 1. The molecule has 9 heteroatoms. The molecule has 8 nitrogen and oxygen atoms in total. The van der Waals surface area contributed by atoms with Crippen LogP contribution >= 0.6 is 0 Å². The lowest BCUT2D eigenvalue weighted by molar-refractivity contribution is -0.116. The van der Waals surface area contributed by atoms with Gasteiger partial charge in [0.2, 0.25) is 5.91 Å². The molecule has 0 saturated carbocycles. The number of hydrogen-bond acceptors (Lipinski definition) is 5. The Morgan fingerprint density at radius 2 is 2.15 bits per heavy atom. The van der Waals surface area contributed by atoms with E-state index < -0.39 is 11.7 Å². The molecule has 0 bridgehead atoms. The quantitative estimate of drug-likeness (QED) is 0.606. The number of hydrogen-bond donors (Lipinski definition) is 1. The van der Waals surface area contributed by atoms with Crippen LogP contribution in [0.4, 0.5) is 10.4 Å². The van der Waals surface area contributed by atoms with Gasteiger partial charge in [-0.15, -0.1) is 0 Å². The highest BCUT2D eigenvalue weighted by molar-refractivity contribution is 5.91. The van der Waals surface area contributed by atoms with Crippen molar-refractivity contribution < 1.29 is 13.6 Å². The van der Waals surface area contributed by atoms with E-state index in [-0.39, 0.29) is 18.1 Å². The summed E-state index contributed by atoms with van der Waals surface area (Å²) in [6.07, 6.45) is 3.04. The lowest BCUT2D eigenvalue weighted by atomic mass is 10.2. The number of oxazole rings is 1. The molecule has 0 aliphatic carbocycles. The Bertz CT molecular complexity index is 1180. The maximum atomic E-state index is 13.6. The largest absolute Gasteiger partial charge is 0.423 e. The van der Waals surface area contributed by atoms with E-state index in [4.69, 9.17) is 4.42 Å². The zero-order valence-corrected chi connectivity index (χ0v) is 14.0. The second kappa shape index (κ2) is 5.80. The molecule has 0 atom stereocenters. The van der Waals surface area contributed by atoms with Gasteiger partial charge < -0.3 is 13.6 Å². The van der Waals surface area contributed by atoms with Crippen LogP contribution in [0.25, 0.3) is 22.1 Å². The summed E-state index contributed by atoms with van der Waals surface area (Å²) in [6.45, 7) is 1.47. The van der Waals surface area contributed by atoms with Crippen LogP contribution in [0.15, 0.2) is 39.9 Å². The van der Waals surface area contributed by atoms with Gasteiger partial charge in [0.05, 0.1) is 11.8 Å². The molecule has 3 aromatic heterocycles. The van der Waals surface area contributed by atoms with Crippen molar-refractivity contribution in [2.75, 3.05) is 5.32 Å². The van der Waals surface area contributed by atoms with E-state index in [1.807, 2.05) is 0 Å². The van der Waals surface area contributed by atoms with Crippen LogP contribution in [0.3, 0.4) is 0 Å². The fourth-order valence-electron chi connectivity index (χ4n) is 2.71. The van der Waals surface area contributed by atoms with Gasteiger partial charge in [-0.3, -0.25) is 14.9 Å². The van der Waals surface area contributed by atoms with Gasteiger partial charge in [0.15, 0.2) is 5.58 Å². The summed E-state index contributed by atoms with van der Waals surface area (Å²) >= 11 is 0. The topological polar surface area (TPSA) is 95.0 Å². The number of nitrogens with zero attached hydrogens (tertiary/aromatic N) is 4. The number of amides is 1. The van der Waals surface area contributed by atoms with Crippen LogP contribution in [0, 0.1) is 12.7 Å². The minimum atomic E-state index is -0.445. The normalized spacial score (nSPS) is 11.3. The van der Waals surface area contributed by atoms with Crippen LogP contribution in [0.5, 0.6) is 0 Å². The number of benzene rings is 1. The van der Waals surface area contributed by atoms with E-state index in [0.717, 1.165) is 0 Å². The molecule has 0 saturated heterocycles. The van der Waals surface area contributed by atoms with Crippen LogP contribution < -0.4 is 10.9 Å². The molecular formula is C17H14FN5O3. The van der Waals surface area contributed by atoms with Crippen molar-refractivity contribution in [2.45, 2.75) is 13.5 Å². The van der Waals surface area contributed by atoms with Crippen LogP contribution in [-0.4, -0.2) is 25.0 Å². The van der Waals surface area contributed by atoms with Gasteiger partial charge in [0.25, 0.3) is 5.56 Å². The van der Waals surface area contributed by atoms with E-state index in [0.29, 0.717) is 27.7 Å². The van der Waals surface area contributed by atoms with E-state index in [9.17, 15) is 14.0 Å². The summed E-state index contributed by atoms with van der Waals surface area (Å²) in [4.78, 5) is 32.7. The maximum Gasteiger partial charge on any atom is 0.302 e. The number of aryl methyl sites for hydroxylation is 2. The second-order valence-electron chi connectivity index (χ2n) is 5.97. The summed E-state index contributed by atoms with van der Waals surface area (Å²) in [6, 6.07) is 4.42. The maximum absolute atomic E-state index is 13.6. The fraction of sp³-hybridized carbons (Fsp3) is 0.176. The van der Waals surface area contributed by atoms with Gasteiger partial charge >= 0.3 is 6.01 Å². The van der Waals surface area contributed by atoms with Gasteiger partial charge in [-0.1, -0.05) is 0 Å². The molecule has 0 aliphatic heterocycles.